The Morgan fingerprint density at radius 2 is 1.64 bits per heavy atom. The van der Waals surface area contributed by atoms with Gasteiger partial charge in [0.25, 0.3) is 5.91 Å². The lowest BCUT2D eigenvalue weighted by Gasteiger charge is -2.16. The van der Waals surface area contributed by atoms with Crippen LogP contribution < -0.4 is 10.0 Å². The van der Waals surface area contributed by atoms with E-state index < -0.39 is 28.5 Å². The topological polar surface area (TPSA) is 102 Å². The van der Waals surface area contributed by atoms with E-state index in [1.807, 2.05) is 18.2 Å². The van der Waals surface area contributed by atoms with Crippen molar-refractivity contribution in [3.63, 3.8) is 0 Å². The van der Waals surface area contributed by atoms with Gasteiger partial charge in [-0.15, -0.1) is 0 Å². The maximum Gasteiger partial charge on any atom is 0.340 e. The average Bonchev–Trinajstić information content (AvgIpc) is 2.65. The van der Waals surface area contributed by atoms with Gasteiger partial charge in [-0.2, -0.15) is 0 Å². The Bertz CT molecular complexity index is 957. The zero-order chi connectivity index (χ0) is 20.7. The van der Waals surface area contributed by atoms with Crippen molar-refractivity contribution in [1.82, 2.24) is 0 Å². The number of anilines is 2. The van der Waals surface area contributed by atoms with Gasteiger partial charge < -0.3 is 10.1 Å². The summed E-state index contributed by atoms with van der Waals surface area (Å²) in [5.74, 6) is -0.997. The molecule has 150 valence electrons. The number of hydrogen-bond donors (Lipinski definition) is 2. The number of rotatable bonds is 8. The predicted molar refractivity (Wildman–Crippen MR) is 109 cm³/mol. The summed E-state index contributed by atoms with van der Waals surface area (Å²) in [6.07, 6.45) is 1.91. The molecule has 0 radical (unpaired) electrons. The normalized spacial score (nSPS) is 12.1. The van der Waals surface area contributed by atoms with E-state index in [9.17, 15) is 18.0 Å². The highest BCUT2D eigenvalue weighted by atomic mass is 32.2. The molecule has 0 spiro atoms. The molecular formula is C20H24N2O5S. The van der Waals surface area contributed by atoms with Crippen molar-refractivity contribution in [2.75, 3.05) is 22.9 Å². The number of carbonyl (C=O) groups is 2. The molecule has 0 aliphatic rings. The molecule has 0 heterocycles. The van der Waals surface area contributed by atoms with Crippen molar-refractivity contribution in [1.29, 1.82) is 0 Å². The molecule has 0 unspecified atom stereocenters. The number of sulfonamides is 1. The van der Waals surface area contributed by atoms with Crippen LogP contribution in [0.5, 0.6) is 0 Å². The first kappa shape index (κ1) is 21.4. The molecule has 1 atom stereocenters. The molecule has 2 rings (SSSR count). The van der Waals surface area contributed by atoms with Crippen molar-refractivity contribution in [2.45, 2.75) is 26.2 Å². The molecule has 0 aromatic heterocycles. The van der Waals surface area contributed by atoms with Crippen LogP contribution in [-0.2, 0) is 19.6 Å². The Morgan fingerprint density at radius 3 is 2.29 bits per heavy atom. The van der Waals surface area contributed by atoms with Crippen LogP contribution in [0.25, 0.3) is 0 Å². The first-order valence-electron chi connectivity index (χ1n) is 8.84. The summed E-state index contributed by atoms with van der Waals surface area (Å²) < 4.78 is 30.2. The van der Waals surface area contributed by atoms with Gasteiger partial charge in [-0.25, -0.2) is 13.2 Å². The third kappa shape index (κ3) is 6.09. The first-order valence-corrected chi connectivity index (χ1v) is 10.7. The fourth-order valence-corrected chi connectivity index (χ4v) is 3.18. The van der Waals surface area contributed by atoms with Crippen LogP contribution >= 0.6 is 0 Å². The Morgan fingerprint density at radius 1 is 1.04 bits per heavy atom. The Hall–Kier alpha value is -2.87. The minimum Gasteiger partial charge on any atom is -0.452 e. The molecule has 2 aromatic rings. The Kier molecular flexibility index (Phi) is 7.17. The second-order valence-corrected chi connectivity index (χ2v) is 8.19. The third-order valence-electron chi connectivity index (χ3n) is 4.15. The van der Waals surface area contributed by atoms with Crippen LogP contribution in [0, 0.1) is 0 Å². The lowest BCUT2D eigenvalue weighted by Crippen LogP contribution is -2.22. The van der Waals surface area contributed by atoms with Gasteiger partial charge >= 0.3 is 5.97 Å². The summed E-state index contributed by atoms with van der Waals surface area (Å²) in [5.41, 5.74) is 1.81. The number of benzene rings is 2. The number of hydrogen-bond acceptors (Lipinski definition) is 5. The highest BCUT2D eigenvalue weighted by molar-refractivity contribution is 7.92. The summed E-state index contributed by atoms with van der Waals surface area (Å²) in [6, 6.07) is 13.5. The molecule has 1 amide bonds. The summed E-state index contributed by atoms with van der Waals surface area (Å²) in [5, 5.41) is 2.76. The largest absolute Gasteiger partial charge is 0.452 e. The maximum absolute atomic E-state index is 12.3. The van der Waals surface area contributed by atoms with Crippen LogP contribution in [0.15, 0.2) is 48.5 Å². The average molecular weight is 404 g/mol. The monoisotopic (exact) mass is 404 g/mol. The van der Waals surface area contributed by atoms with Gasteiger partial charge in [0.2, 0.25) is 10.0 Å². The fraction of sp³-hybridized carbons (Fsp3) is 0.300. The molecular weight excluding hydrogens is 380 g/mol. The molecule has 7 nitrogen and oxygen atoms in total. The third-order valence-corrected chi connectivity index (χ3v) is 4.75. The highest BCUT2D eigenvalue weighted by Gasteiger charge is 2.17. The standard InChI is InChI=1S/C20H24N2O5S/c1-4-14(2)15-9-5-7-11-17(15)21-19(23)13-27-20(24)16-10-6-8-12-18(16)22-28(3,25)26/h5-12,14,22H,4,13H2,1-3H3,(H,21,23)/t14-/m1/s1. The van der Waals surface area contributed by atoms with E-state index in [1.165, 1.54) is 12.1 Å². The van der Waals surface area contributed by atoms with Gasteiger partial charge in [0.15, 0.2) is 6.61 Å². The zero-order valence-electron chi connectivity index (χ0n) is 16.1. The van der Waals surface area contributed by atoms with Crippen LogP contribution in [0.1, 0.15) is 42.1 Å². The van der Waals surface area contributed by atoms with Crippen molar-refractivity contribution < 1.29 is 22.7 Å². The number of para-hydroxylation sites is 2. The Balaban J connectivity index is 2.04. The van der Waals surface area contributed by atoms with Crippen molar-refractivity contribution >= 4 is 33.3 Å². The van der Waals surface area contributed by atoms with Crippen LogP contribution in [0.2, 0.25) is 0 Å². The van der Waals surface area contributed by atoms with E-state index in [-0.39, 0.29) is 17.2 Å². The number of ether oxygens (including phenoxy) is 1. The van der Waals surface area contributed by atoms with E-state index in [0.717, 1.165) is 18.2 Å². The number of esters is 1. The molecule has 8 heteroatoms. The molecule has 0 fully saturated rings. The van der Waals surface area contributed by atoms with E-state index in [0.29, 0.717) is 5.69 Å². The summed E-state index contributed by atoms with van der Waals surface area (Å²) in [7, 11) is -3.56. The van der Waals surface area contributed by atoms with Gasteiger partial charge in [-0.3, -0.25) is 9.52 Å². The Labute approximate surface area is 165 Å². The second-order valence-electron chi connectivity index (χ2n) is 6.44. The van der Waals surface area contributed by atoms with Gasteiger partial charge in [-0.05, 0) is 36.1 Å². The van der Waals surface area contributed by atoms with Crippen LogP contribution in [-0.4, -0.2) is 33.2 Å². The van der Waals surface area contributed by atoms with E-state index in [2.05, 4.69) is 23.9 Å². The summed E-state index contributed by atoms with van der Waals surface area (Å²) >= 11 is 0. The summed E-state index contributed by atoms with van der Waals surface area (Å²) in [4.78, 5) is 24.5. The molecule has 0 bridgehead atoms. The minimum atomic E-state index is -3.56. The van der Waals surface area contributed by atoms with Crippen molar-refractivity contribution in [3.05, 3.63) is 59.7 Å². The molecule has 28 heavy (non-hydrogen) atoms. The number of nitrogens with one attached hydrogen (secondary N) is 2. The molecule has 2 aromatic carbocycles. The van der Waals surface area contributed by atoms with E-state index >= 15 is 0 Å². The SMILES string of the molecule is CC[C@@H](C)c1ccccc1NC(=O)COC(=O)c1ccccc1NS(C)(=O)=O. The molecule has 0 saturated carbocycles. The van der Waals surface area contributed by atoms with Crippen LogP contribution in [0.3, 0.4) is 0 Å². The minimum absolute atomic E-state index is 0.0285. The van der Waals surface area contributed by atoms with E-state index in [1.54, 1.807) is 18.2 Å². The number of carbonyl (C=O) groups excluding carboxylic acids is 2. The van der Waals surface area contributed by atoms with Gasteiger partial charge in [0, 0.05) is 5.69 Å². The lowest BCUT2D eigenvalue weighted by molar-refractivity contribution is -0.119. The first-order chi connectivity index (χ1) is 13.2. The zero-order valence-corrected chi connectivity index (χ0v) is 16.9. The van der Waals surface area contributed by atoms with Crippen LogP contribution in [0.4, 0.5) is 11.4 Å². The van der Waals surface area contributed by atoms with Gasteiger partial charge in [0.05, 0.1) is 17.5 Å². The highest BCUT2D eigenvalue weighted by Crippen LogP contribution is 2.26. The van der Waals surface area contributed by atoms with Crippen molar-refractivity contribution in [2.24, 2.45) is 0 Å². The second kappa shape index (κ2) is 9.36. The predicted octanol–water partition coefficient (Wildman–Crippen LogP) is 3.37. The van der Waals surface area contributed by atoms with Gasteiger partial charge in [-0.1, -0.05) is 44.2 Å². The lowest BCUT2D eigenvalue weighted by atomic mass is 9.97. The van der Waals surface area contributed by atoms with Crippen molar-refractivity contribution in [3.8, 4) is 0 Å². The number of amides is 1. The molecule has 2 N–H and O–H groups in total. The molecule has 0 aliphatic carbocycles. The van der Waals surface area contributed by atoms with E-state index in [4.69, 9.17) is 4.74 Å². The molecule has 0 aliphatic heterocycles. The summed E-state index contributed by atoms with van der Waals surface area (Å²) in [6.45, 7) is 3.64. The fourth-order valence-electron chi connectivity index (χ4n) is 2.61. The quantitative estimate of drug-likeness (QED) is 0.657. The smallest absolute Gasteiger partial charge is 0.340 e. The van der Waals surface area contributed by atoms with Gasteiger partial charge in [0.1, 0.15) is 0 Å². The molecule has 0 saturated heterocycles. The maximum atomic E-state index is 12.3.